The van der Waals surface area contributed by atoms with Gasteiger partial charge in [-0.05, 0) is 68.1 Å². The molecule has 2 heterocycles. The summed E-state index contributed by atoms with van der Waals surface area (Å²) in [5.74, 6) is -0.139. The average Bonchev–Trinajstić information content (AvgIpc) is 3.61. The Balaban J connectivity index is 1.42. The third kappa shape index (κ3) is 3.81. The van der Waals surface area contributed by atoms with Gasteiger partial charge in [0.05, 0.1) is 17.1 Å². The number of hydrogen-bond donors (Lipinski definition) is 0. The molecule has 6 rings (SSSR count). The van der Waals surface area contributed by atoms with Gasteiger partial charge < -0.3 is 9.47 Å². The van der Waals surface area contributed by atoms with E-state index < -0.39 is 0 Å². The number of carbonyl (C=O) groups is 2. The van der Waals surface area contributed by atoms with Gasteiger partial charge in [0.1, 0.15) is 12.6 Å². The summed E-state index contributed by atoms with van der Waals surface area (Å²) in [5.41, 5.74) is 6.66. The standard InChI is InChI=1S/C31H29N3O2/c1-21-9-7-11-23(19-21)30-28-15-8-18-32(28)26-13-5-6-14-27(26)34(30)29(35)20-33(24-16-17-24)31(36)25-12-4-3-10-22(25)2/h3-15,18-19,24,30H,16-17,20H2,1-2H3. The smallest absolute Gasteiger partial charge is 0.254 e. The van der Waals surface area contributed by atoms with E-state index in [2.05, 4.69) is 42.0 Å². The first-order valence-corrected chi connectivity index (χ1v) is 12.5. The van der Waals surface area contributed by atoms with Gasteiger partial charge in [-0.1, -0.05) is 60.2 Å². The van der Waals surface area contributed by atoms with Crippen LogP contribution in [0.4, 0.5) is 5.69 Å². The van der Waals surface area contributed by atoms with Crippen molar-refractivity contribution in [3.8, 4) is 5.69 Å². The summed E-state index contributed by atoms with van der Waals surface area (Å²) < 4.78 is 2.17. The highest BCUT2D eigenvalue weighted by atomic mass is 16.2. The molecule has 1 saturated carbocycles. The first-order chi connectivity index (χ1) is 17.5. The minimum Gasteiger partial charge on any atom is -0.326 e. The number of aryl methyl sites for hydroxylation is 2. The third-order valence-electron chi connectivity index (χ3n) is 7.28. The Bertz CT molecular complexity index is 1470. The number of aromatic nitrogens is 1. The monoisotopic (exact) mass is 475 g/mol. The minimum atomic E-state index is -0.281. The minimum absolute atomic E-state index is 0.0508. The molecule has 4 aromatic rings. The van der Waals surface area contributed by atoms with E-state index in [4.69, 9.17) is 0 Å². The van der Waals surface area contributed by atoms with Gasteiger partial charge in [-0.3, -0.25) is 14.5 Å². The molecule has 1 atom stereocenters. The summed E-state index contributed by atoms with van der Waals surface area (Å²) in [4.78, 5) is 31.6. The Morgan fingerprint density at radius 2 is 1.61 bits per heavy atom. The van der Waals surface area contributed by atoms with Crippen molar-refractivity contribution in [2.45, 2.75) is 38.8 Å². The van der Waals surface area contributed by atoms with E-state index in [-0.39, 0.29) is 30.4 Å². The Morgan fingerprint density at radius 1 is 0.861 bits per heavy atom. The Morgan fingerprint density at radius 3 is 2.36 bits per heavy atom. The maximum atomic E-state index is 14.2. The molecule has 1 unspecified atom stereocenters. The highest BCUT2D eigenvalue weighted by Gasteiger charge is 2.40. The summed E-state index contributed by atoms with van der Waals surface area (Å²) in [6.45, 7) is 4.07. The number of para-hydroxylation sites is 2. The van der Waals surface area contributed by atoms with Crippen molar-refractivity contribution in [3.63, 3.8) is 0 Å². The Hall–Kier alpha value is -4.12. The molecule has 0 radical (unpaired) electrons. The highest BCUT2D eigenvalue weighted by Crippen LogP contribution is 2.42. The predicted octanol–water partition coefficient (Wildman–Crippen LogP) is 5.83. The van der Waals surface area contributed by atoms with Gasteiger partial charge in [0.25, 0.3) is 5.91 Å². The molecular weight excluding hydrogens is 446 g/mol. The molecule has 1 aliphatic carbocycles. The number of nitrogens with zero attached hydrogens (tertiary/aromatic N) is 3. The summed E-state index contributed by atoms with van der Waals surface area (Å²) in [6, 6.07) is 27.9. The first kappa shape index (κ1) is 22.4. The van der Waals surface area contributed by atoms with Crippen LogP contribution in [-0.2, 0) is 4.79 Å². The van der Waals surface area contributed by atoms with E-state index in [1.165, 1.54) is 0 Å². The lowest BCUT2D eigenvalue weighted by molar-refractivity contribution is -0.119. The quantitative estimate of drug-likeness (QED) is 0.364. The average molecular weight is 476 g/mol. The fourth-order valence-electron chi connectivity index (χ4n) is 5.36. The van der Waals surface area contributed by atoms with Crippen LogP contribution < -0.4 is 4.90 Å². The van der Waals surface area contributed by atoms with Crippen LogP contribution in [0, 0.1) is 13.8 Å². The molecule has 1 fully saturated rings. The Kier molecular flexibility index (Phi) is 5.48. The molecule has 5 heteroatoms. The zero-order chi connectivity index (χ0) is 24.8. The molecule has 2 aliphatic rings. The maximum absolute atomic E-state index is 14.2. The van der Waals surface area contributed by atoms with Crippen molar-refractivity contribution in [3.05, 3.63) is 119 Å². The van der Waals surface area contributed by atoms with Crippen LogP contribution in [0.1, 0.15) is 51.6 Å². The van der Waals surface area contributed by atoms with Gasteiger partial charge in [-0.15, -0.1) is 0 Å². The van der Waals surface area contributed by atoms with Gasteiger partial charge in [0.15, 0.2) is 0 Å². The predicted molar refractivity (Wildman–Crippen MR) is 142 cm³/mol. The highest BCUT2D eigenvalue weighted by molar-refractivity contribution is 6.03. The lowest BCUT2D eigenvalue weighted by Crippen LogP contribution is -2.47. The van der Waals surface area contributed by atoms with Gasteiger partial charge in [-0.25, -0.2) is 0 Å². The van der Waals surface area contributed by atoms with Crippen LogP contribution in [0.15, 0.2) is 91.1 Å². The van der Waals surface area contributed by atoms with Crippen molar-refractivity contribution in [1.29, 1.82) is 0 Å². The van der Waals surface area contributed by atoms with Crippen LogP contribution in [0.5, 0.6) is 0 Å². The van der Waals surface area contributed by atoms with Crippen molar-refractivity contribution >= 4 is 17.5 Å². The molecule has 1 aromatic heterocycles. The second-order valence-corrected chi connectivity index (χ2v) is 9.85. The Labute approximate surface area is 211 Å². The number of hydrogen-bond acceptors (Lipinski definition) is 2. The fraction of sp³-hybridized carbons (Fsp3) is 0.226. The van der Waals surface area contributed by atoms with Crippen molar-refractivity contribution in [2.75, 3.05) is 11.4 Å². The molecule has 2 amide bonds. The molecule has 0 spiro atoms. The maximum Gasteiger partial charge on any atom is 0.254 e. The largest absolute Gasteiger partial charge is 0.326 e. The zero-order valence-electron chi connectivity index (χ0n) is 20.6. The van der Waals surface area contributed by atoms with E-state index >= 15 is 0 Å². The van der Waals surface area contributed by atoms with E-state index in [0.29, 0.717) is 5.56 Å². The molecule has 5 nitrogen and oxygen atoms in total. The third-order valence-corrected chi connectivity index (χ3v) is 7.28. The number of anilines is 1. The molecule has 1 aliphatic heterocycles. The van der Waals surface area contributed by atoms with Crippen LogP contribution in [0.3, 0.4) is 0 Å². The summed E-state index contributed by atoms with van der Waals surface area (Å²) in [5, 5.41) is 0. The van der Waals surface area contributed by atoms with E-state index in [1.807, 2.05) is 72.5 Å². The number of benzene rings is 3. The second-order valence-electron chi connectivity index (χ2n) is 9.85. The van der Waals surface area contributed by atoms with Crippen LogP contribution in [0.2, 0.25) is 0 Å². The molecule has 0 saturated heterocycles. The van der Waals surface area contributed by atoms with Gasteiger partial charge >= 0.3 is 0 Å². The topological polar surface area (TPSA) is 45.6 Å². The molecule has 0 bridgehead atoms. The molecule has 0 N–H and O–H groups in total. The summed E-state index contributed by atoms with van der Waals surface area (Å²) in [6.07, 6.45) is 3.92. The van der Waals surface area contributed by atoms with Crippen LogP contribution in [0.25, 0.3) is 5.69 Å². The van der Waals surface area contributed by atoms with E-state index in [0.717, 1.165) is 46.6 Å². The van der Waals surface area contributed by atoms with Gasteiger partial charge in [-0.2, -0.15) is 0 Å². The normalized spacial score (nSPS) is 16.3. The molecule has 180 valence electrons. The van der Waals surface area contributed by atoms with E-state index in [1.54, 1.807) is 4.90 Å². The molecule has 36 heavy (non-hydrogen) atoms. The first-order valence-electron chi connectivity index (χ1n) is 12.5. The van der Waals surface area contributed by atoms with Gasteiger partial charge in [0, 0.05) is 17.8 Å². The number of rotatable bonds is 5. The lowest BCUT2D eigenvalue weighted by atomic mass is 9.96. The van der Waals surface area contributed by atoms with Crippen LogP contribution in [-0.4, -0.2) is 33.9 Å². The van der Waals surface area contributed by atoms with Crippen molar-refractivity contribution in [1.82, 2.24) is 9.47 Å². The van der Waals surface area contributed by atoms with Crippen molar-refractivity contribution < 1.29 is 9.59 Å². The number of amides is 2. The fourth-order valence-corrected chi connectivity index (χ4v) is 5.36. The summed E-state index contributed by atoms with van der Waals surface area (Å²) in [7, 11) is 0. The zero-order valence-corrected chi connectivity index (χ0v) is 20.6. The number of fused-ring (bicyclic) bond motifs is 3. The number of carbonyl (C=O) groups excluding carboxylic acids is 2. The lowest BCUT2D eigenvalue weighted by Gasteiger charge is -2.39. The SMILES string of the molecule is Cc1cccc(C2c3cccn3-c3ccccc3N2C(=O)CN(C(=O)c2ccccc2C)C2CC2)c1. The van der Waals surface area contributed by atoms with Gasteiger partial charge in [0.2, 0.25) is 5.91 Å². The summed E-state index contributed by atoms with van der Waals surface area (Å²) >= 11 is 0. The molecule has 3 aromatic carbocycles. The second kappa shape index (κ2) is 8.83. The van der Waals surface area contributed by atoms with E-state index in [9.17, 15) is 9.59 Å². The van der Waals surface area contributed by atoms with Crippen molar-refractivity contribution in [2.24, 2.45) is 0 Å². The molecular formula is C31H29N3O2. The van der Waals surface area contributed by atoms with Crippen LogP contribution >= 0.6 is 0 Å².